The van der Waals surface area contributed by atoms with Gasteiger partial charge in [0.15, 0.2) is 0 Å². The van der Waals surface area contributed by atoms with E-state index in [4.69, 9.17) is 5.11 Å². The van der Waals surface area contributed by atoms with Crippen molar-refractivity contribution in [3.63, 3.8) is 0 Å². The highest BCUT2D eigenvalue weighted by Gasteiger charge is 2.37. The lowest BCUT2D eigenvalue weighted by Gasteiger charge is -2.34. The molecule has 0 spiro atoms. The molecule has 0 heterocycles. The Hall–Kier alpha value is -1.10. The highest BCUT2D eigenvalue weighted by molar-refractivity contribution is 5.80. The largest absolute Gasteiger partial charge is 0.480 e. The van der Waals surface area contributed by atoms with Crippen molar-refractivity contribution >= 4 is 11.9 Å². The van der Waals surface area contributed by atoms with Crippen LogP contribution in [-0.4, -0.2) is 58.5 Å². The number of carbonyl (C=O) groups excluding carboxylic acids is 1. The van der Waals surface area contributed by atoms with Gasteiger partial charge in [-0.1, -0.05) is 19.3 Å². The van der Waals surface area contributed by atoms with E-state index in [0.29, 0.717) is 6.04 Å². The van der Waals surface area contributed by atoms with Crippen LogP contribution in [0.5, 0.6) is 0 Å². The predicted octanol–water partition coefficient (Wildman–Crippen LogP) is 1.71. The number of carboxylic acids is 1. The molecular formula is C15H26N2O3. The standard InChI is InChI=1S/C15H26N2O3/c1-11(15(19)20)17(13-8-9-13)10-14(18)16(2)12-6-4-3-5-7-12/h11-13H,3-10H2,1-2H3,(H,19,20). The molecule has 0 aromatic rings. The van der Waals surface area contributed by atoms with E-state index in [1.165, 1.54) is 19.3 Å². The second-order valence-corrected chi connectivity index (χ2v) is 6.21. The number of carbonyl (C=O) groups is 2. The monoisotopic (exact) mass is 282 g/mol. The molecule has 114 valence electrons. The molecule has 2 aliphatic carbocycles. The van der Waals surface area contributed by atoms with Crippen LogP contribution in [0, 0.1) is 0 Å². The first-order chi connectivity index (χ1) is 9.50. The van der Waals surface area contributed by atoms with Crippen LogP contribution < -0.4 is 0 Å². The zero-order valence-corrected chi connectivity index (χ0v) is 12.5. The van der Waals surface area contributed by atoms with Crippen LogP contribution in [0.3, 0.4) is 0 Å². The zero-order chi connectivity index (χ0) is 14.7. The molecule has 1 amide bonds. The fourth-order valence-corrected chi connectivity index (χ4v) is 3.07. The quantitative estimate of drug-likeness (QED) is 0.805. The molecule has 1 atom stereocenters. The molecule has 0 aromatic carbocycles. The van der Waals surface area contributed by atoms with Crippen molar-refractivity contribution in [3.05, 3.63) is 0 Å². The number of rotatable bonds is 6. The van der Waals surface area contributed by atoms with Gasteiger partial charge in [0.25, 0.3) is 0 Å². The zero-order valence-electron chi connectivity index (χ0n) is 12.5. The van der Waals surface area contributed by atoms with E-state index in [-0.39, 0.29) is 18.5 Å². The Labute approximate surface area is 120 Å². The van der Waals surface area contributed by atoms with Crippen LogP contribution in [0.2, 0.25) is 0 Å². The summed E-state index contributed by atoms with van der Waals surface area (Å²) in [5.74, 6) is -0.776. The van der Waals surface area contributed by atoms with Crippen molar-refractivity contribution in [2.75, 3.05) is 13.6 Å². The van der Waals surface area contributed by atoms with Crippen LogP contribution in [0.1, 0.15) is 51.9 Å². The van der Waals surface area contributed by atoms with Crippen molar-refractivity contribution in [1.82, 2.24) is 9.80 Å². The van der Waals surface area contributed by atoms with Crippen LogP contribution >= 0.6 is 0 Å². The molecular weight excluding hydrogens is 256 g/mol. The smallest absolute Gasteiger partial charge is 0.320 e. The SMILES string of the molecule is CC(C(=O)O)N(CC(=O)N(C)C1CCCCC1)C1CC1. The Balaban J connectivity index is 1.91. The van der Waals surface area contributed by atoms with Gasteiger partial charge in [0, 0.05) is 19.1 Å². The Morgan fingerprint density at radius 1 is 1.10 bits per heavy atom. The second-order valence-electron chi connectivity index (χ2n) is 6.21. The van der Waals surface area contributed by atoms with Gasteiger partial charge in [-0.15, -0.1) is 0 Å². The molecule has 5 nitrogen and oxygen atoms in total. The van der Waals surface area contributed by atoms with Crippen molar-refractivity contribution < 1.29 is 14.7 Å². The van der Waals surface area contributed by atoms with E-state index in [2.05, 4.69) is 0 Å². The van der Waals surface area contributed by atoms with Crippen LogP contribution in [-0.2, 0) is 9.59 Å². The van der Waals surface area contributed by atoms with Crippen molar-refractivity contribution in [2.24, 2.45) is 0 Å². The lowest BCUT2D eigenvalue weighted by atomic mass is 9.94. The fourth-order valence-electron chi connectivity index (χ4n) is 3.07. The number of hydrogen-bond acceptors (Lipinski definition) is 3. The van der Waals surface area contributed by atoms with Gasteiger partial charge < -0.3 is 10.0 Å². The van der Waals surface area contributed by atoms with Gasteiger partial charge in [-0.25, -0.2) is 0 Å². The summed E-state index contributed by atoms with van der Waals surface area (Å²) >= 11 is 0. The van der Waals surface area contributed by atoms with E-state index >= 15 is 0 Å². The van der Waals surface area contributed by atoms with Gasteiger partial charge in [-0.3, -0.25) is 14.5 Å². The summed E-state index contributed by atoms with van der Waals surface area (Å²) in [6, 6.07) is 0.0495. The van der Waals surface area contributed by atoms with Crippen LogP contribution in [0.4, 0.5) is 0 Å². The van der Waals surface area contributed by atoms with E-state index in [1.54, 1.807) is 6.92 Å². The van der Waals surface area contributed by atoms with Gasteiger partial charge in [0.1, 0.15) is 6.04 Å². The van der Waals surface area contributed by atoms with E-state index in [0.717, 1.165) is 25.7 Å². The Morgan fingerprint density at radius 3 is 2.20 bits per heavy atom. The Kier molecular flexibility index (Phi) is 5.02. The van der Waals surface area contributed by atoms with E-state index in [9.17, 15) is 9.59 Å². The summed E-state index contributed by atoms with van der Waals surface area (Å²) < 4.78 is 0. The maximum absolute atomic E-state index is 12.4. The molecule has 0 saturated heterocycles. The first kappa shape index (κ1) is 15.3. The highest BCUT2D eigenvalue weighted by Crippen LogP contribution is 2.29. The molecule has 1 unspecified atom stereocenters. The summed E-state index contributed by atoms with van der Waals surface area (Å²) in [6.07, 6.45) is 7.85. The van der Waals surface area contributed by atoms with Gasteiger partial charge in [0.2, 0.25) is 5.91 Å². The molecule has 2 aliphatic rings. The fraction of sp³-hybridized carbons (Fsp3) is 0.867. The number of nitrogens with zero attached hydrogens (tertiary/aromatic N) is 2. The molecule has 2 rings (SSSR count). The lowest BCUT2D eigenvalue weighted by Crippen LogP contribution is -2.49. The minimum atomic E-state index is -0.843. The first-order valence-corrected chi connectivity index (χ1v) is 7.75. The molecule has 2 saturated carbocycles. The topological polar surface area (TPSA) is 60.9 Å². The van der Waals surface area contributed by atoms with Gasteiger partial charge in [0.05, 0.1) is 6.54 Å². The van der Waals surface area contributed by atoms with Crippen molar-refractivity contribution in [3.8, 4) is 0 Å². The predicted molar refractivity (Wildman–Crippen MR) is 76.5 cm³/mol. The normalized spacial score (nSPS) is 21.8. The number of carboxylic acid groups (broad SMARTS) is 1. The Bertz CT molecular complexity index is 362. The third-order valence-electron chi connectivity index (χ3n) is 4.70. The van der Waals surface area contributed by atoms with Crippen molar-refractivity contribution in [2.45, 2.75) is 70.0 Å². The average molecular weight is 282 g/mol. The minimum absolute atomic E-state index is 0.0666. The number of likely N-dealkylation sites (N-methyl/N-ethyl adjacent to an activating group) is 1. The third kappa shape index (κ3) is 3.72. The third-order valence-corrected chi connectivity index (χ3v) is 4.70. The first-order valence-electron chi connectivity index (χ1n) is 7.75. The van der Waals surface area contributed by atoms with Crippen LogP contribution in [0.25, 0.3) is 0 Å². The maximum atomic E-state index is 12.4. The minimum Gasteiger partial charge on any atom is -0.480 e. The highest BCUT2D eigenvalue weighted by atomic mass is 16.4. The van der Waals surface area contributed by atoms with E-state index in [1.807, 2.05) is 16.8 Å². The van der Waals surface area contributed by atoms with Crippen LogP contribution in [0.15, 0.2) is 0 Å². The summed E-state index contributed by atoms with van der Waals surface area (Å²) in [5, 5.41) is 9.16. The van der Waals surface area contributed by atoms with Gasteiger partial charge in [-0.2, -0.15) is 0 Å². The van der Waals surface area contributed by atoms with Gasteiger partial charge in [-0.05, 0) is 32.6 Å². The molecule has 0 aromatic heterocycles. The second kappa shape index (κ2) is 6.57. The molecule has 1 N–H and O–H groups in total. The number of hydrogen-bond donors (Lipinski definition) is 1. The van der Waals surface area contributed by atoms with E-state index < -0.39 is 12.0 Å². The summed E-state index contributed by atoms with van der Waals surface area (Å²) in [4.78, 5) is 27.3. The molecule has 0 radical (unpaired) electrons. The molecule has 2 fully saturated rings. The summed E-state index contributed by atoms with van der Waals surface area (Å²) in [6.45, 7) is 1.92. The molecule has 20 heavy (non-hydrogen) atoms. The number of amides is 1. The average Bonchev–Trinajstić information content (AvgIpc) is 3.28. The van der Waals surface area contributed by atoms with Crippen molar-refractivity contribution in [1.29, 1.82) is 0 Å². The number of aliphatic carboxylic acids is 1. The molecule has 0 aliphatic heterocycles. The molecule has 0 bridgehead atoms. The molecule has 5 heteroatoms. The maximum Gasteiger partial charge on any atom is 0.320 e. The van der Waals surface area contributed by atoms with Gasteiger partial charge >= 0.3 is 5.97 Å². The summed E-state index contributed by atoms with van der Waals surface area (Å²) in [5.41, 5.74) is 0. The Morgan fingerprint density at radius 2 is 1.70 bits per heavy atom. The summed E-state index contributed by atoms with van der Waals surface area (Å²) in [7, 11) is 1.87. The lowest BCUT2D eigenvalue weighted by molar-refractivity contribution is -0.144.